The van der Waals surface area contributed by atoms with E-state index in [0.717, 1.165) is 180 Å². The fraction of sp³-hybridized carbons (Fsp3) is 0.270. The third kappa shape index (κ3) is 27.1. The van der Waals surface area contributed by atoms with Crippen LogP contribution in [0.25, 0.3) is 55.8 Å². The average Bonchev–Trinajstić information content (AvgIpc) is 1.63. The van der Waals surface area contributed by atoms with Crippen LogP contribution in [0, 0.1) is 99.7 Å². The monoisotopic (exact) mass is 2030 g/mol. The van der Waals surface area contributed by atoms with E-state index in [1.54, 1.807) is 36.2 Å². The molecule has 0 unspecified atom stereocenters. The van der Waals surface area contributed by atoms with Gasteiger partial charge < -0.3 is 55.3 Å². The minimum absolute atomic E-state index is 0.197. The van der Waals surface area contributed by atoms with Crippen molar-refractivity contribution in [1.29, 1.82) is 10.8 Å². The number of aromatic nitrogens is 20. The Morgan fingerprint density at radius 3 is 1.13 bits per heavy atom. The molecule has 15 rings (SSSR count). The van der Waals surface area contributed by atoms with Gasteiger partial charge in [-0.1, -0.05) is 167 Å². The molecule has 26 nitrogen and oxygen atoms in total. The molecule has 0 atom stereocenters. The second-order valence-electron chi connectivity index (χ2n) is 28.4. The van der Waals surface area contributed by atoms with E-state index in [-0.39, 0.29) is 11.0 Å². The number of fused-ring (bicyclic) bond motifs is 5. The van der Waals surface area contributed by atoms with E-state index < -0.39 is 0 Å². The molecule has 0 amide bonds. The number of H-pyrrole nitrogens is 2. The van der Waals surface area contributed by atoms with Crippen molar-refractivity contribution in [3.8, 4) is 61.2 Å². The molecule has 10 aromatic heterocycles. The topological polar surface area (TPSA) is 362 Å². The van der Waals surface area contributed by atoms with E-state index in [0.29, 0.717) is 81.8 Å². The smallest absolute Gasteiger partial charge is 0.175 e. The summed E-state index contributed by atoms with van der Waals surface area (Å²) < 4.78 is 14.3. The first-order chi connectivity index (χ1) is 60.3. The SMILES string of the molecule is C#CCCCn1c(Sc2cc(C)cc(Br)c2)nc2c(N)ncnc21.C#CCCCn1c(Sc2cc(C)cc(Br)c2)nc2c(N)ncnc21.C#CCCCn1cnc(=N)c2[nH]c(Sc3cc(C)cc(Br)c3)nc21.C#CCCCn1cnc(=N)c2[nH]c(Sc3cc(C)cc(Br)c3)nc21.CCC#Cc1cc(Cl)cc(Sc2nc3c(N)ncnc3n2CCCNC(C)C)c1. The molecule has 0 aliphatic carbocycles. The predicted molar refractivity (Wildman–Crippen MR) is 519 cm³/mol. The van der Waals surface area contributed by atoms with Gasteiger partial charge in [0.05, 0.1) is 12.7 Å². The van der Waals surface area contributed by atoms with Crippen LogP contribution in [0.1, 0.15) is 113 Å². The first-order valence-corrected chi connectivity index (χ1v) is 47.0. The van der Waals surface area contributed by atoms with Crippen molar-refractivity contribution < 1.29 is 0 Å². The minimum atomic E-state index is 0.197. The highest BCUT2D eigenvalue weighted by Crippen LogP contribution is 2.38. The van der Waals surface area contributed by atoms with Gasteiger partial charge in [0.1, 0.15) is 30.0 Å². The van der Waals surface area contributed by atoms with Crippen molar-refractivity contribution in [3.05, 3.63) is 184 Å². The van der Waals surface area contributed by atoms with Crippen LogP contribution in [-0.2, 0) is 32.7 Å². The number of nitrogens with two attached hydrogens (primary N) is 3. The molecule has 10 heterocycles. The number of unbranched alkanes of at least 4 members (excludes halogenated alkanes) is 4. The Labute approximate surface area is 785 Å². The van der Waals surface area contributed by atoms with Gasteiger partial charge in [0, 0.05) is 124 Å². The predicted octanol–water partition coefficient (Wildman–Crippen LogP) is 20.2. The van der Waals surface area contributed by atoms with Crippen molar-refractivity contribution in [2.75, 3.05) is 23.7 Å². The van der Waals surface area contributed by atoms with Crippen LogP contribution in [0.3, 0.4) is 0 Å². The maximum atomic E-state index is 7.99. The lowest BCUT2D eigenvalue weighted by Gasteiger charge is -2.11. The Hall–Kier alpha value is -10.4. The van der Waals surface area contributed by atoms with Crippen LogP contribution in [0.2, 0.25) is 5.02 Å². The van der Waals surface area contributed by atoms with Crippen LogP contribution in [0.4, 0.5) is 17.5 Å². The molecule has 0 bridgehead atoms. The summed E-state index contributed by atoms with van der Waals surface area (Å²) in [5.41, 5.74) is 30.9. The normalized spacial score (nSPS) is 10.9. The van der Waals surface area contributed by atoms with Crippen molar-refractivity contribution >= 4 is 207 Å². The number of aromatic amines is 2. The third-order valence-electron chi connectivity index (χ3n) is 17.9. The number of imidazole rings is 5. The van der Waals surface area contributed by atoms with Gasteiger partial charge in [-0.3, -0.25) is 10.8 Å². The molecule has 15 aromatic rings. The van der Waals surface area contributed by atoms with Crippen molar-refractivity contribution in [1.82, 2.24) is 103 Å². The van der Waals surface area contributed by atoms with Crippen LogP contribution in [0.5, 0.6) is 0 Å². The number of benzene rings is 5. The van der Waals surface area contributed by atoms with Gasteiger partial charge in [-0.25, -0.2) is 64.8 Å². The molecule has 0 saturated carbocycles. The molecule has 11 N–H and O–H groups in total. The number of nitrogens with zero attached hydrogens (tertiary/aromatic N) is 18. The number of terminal acetylenes is 4. The van der Waals surface area contributed by atoms with Crippen molar-refractivity contribution in [3.63, 3.8) is 0 Å². The highest BCUT2D eigenvalue weighted by Gasteiger charge is 2.22. The molecule has 640 valence electrons. The van der Waals surface area contributed by atoms with Crippen molar-refractivity contribution in [2.24, 2.45) is 0 Å². The molecular weight excluding hydrogens is 1950 g/mol. The van der Waals surface area contributed by atoms with E-state index in [2.05, 4.69) is 290 Å². The highest BCUT2D eigenvalue weighted by atomic mass is 79.9. The molecule has 0 aliphatic heterocycles. The van der Waals surface area contributed by atoms with Gasteiger partial charge in [-0.15, -0.1) is 49.4 Å². The maximum absolute atomic E-state index is 7.99. The second-order valence-corrected chi connectivity index (χ2v) is 37.7. The molecule has 36 heteroatoms. The highest BCUT2D eigenvalue weighted by molar-refractivity contribution is 9.11. The molecular formula is C89H89Br4ClN26S5. The number of halogens is 5. The zero-order valence-electron chi connectivity index (χ0n) is 69.5. The van der Waals surface area contributed by atoms with Crippen LogP contribution in [-0.4, -0.2) is 110 Å². The number of rotatable bonds is 27. The summed E-state index contributed by atoms with van der Waals surface area (Å²) in [7, 11) is 0. The second kappa shape index (κ2) is 46.7. The maximum Gasteiger partial charge on any atom is 0.175 e. The molecule has 125 heavy (non-hydrogen) atoms. The van der Waals surface area contributed by atoms with E-state index in [9.17, 15) is 0 Å². The third-order valence-corrected chi connectivity index (χ3v) is 24.6. The Bertz CT molecular complexity index is 6340. The fourth-order valence-electron chi connectivity index (χ4n) is 12.5. The van der Waals surface area contributed by atoms with Gasteiger partial charge >= 0.3 is 0 Å². The lowest BCUT2D eigenvalue weighted by atomic mass is 10.2. The van der Waals surface area contributed by atoms with E-state index >= 15 is 0 Å². The Morgan fingerprint density at radius 2 is 0.784 bits per heavy atom. The first kappa shape index (κ1) is 95.2. The number of hydrogen-bond donors (Lipinski definition) is 8. The summed E-state index contributed by atoms with van der Waals surface area (Å²) in [6.07, 6.45) is 37.1. The van der Waals surface area contributed by atoms with Gasteiger partial charge in [-0.2, -0.15) is 0 Å². The summed E-state index contributed by atoms with van der Waals surface area (Å²) >= 11 is 28.2. The Morgan fingerprint density at radius 1 is 0.440 bits per heavy atom. The average molecular weight is 2040 g/mol. The van der Waals surface area contributed by atoms with Gasteiger partial charge in [0.15, 0.2) is 99.0 Å². The van der Waals surface area contributed by atoms with Crippen LogP contribution >= 0.6 is 134 Å². The quantitative estimate of drug-likeness (QED) is 0.0175. The number of anilines is 3. The van der Waals surface area contributed by atoms with Gasteiger partial charge in [-0.05, 0) is 180 Å². The minimum Gasteiger partial charge on any atom is -0.382 e. The molecule has 0 saturated heterocycles. The zero-order valence-corrected chi connectivity index (χ0v) is 80.6. The molecule has 0 aliphatic rings. The molecule has 0 radical (unpaired) electrons. The van der Waals surface area contributed by atoms with Crippen LogP contribution < -0.4 is 33.5 Å². The number of hydrogen-bond acceptors (Lipinski definition) is 24. The van der Waals surface area contributed by atoms with Gasteiger partial charge in [0.25, 0.3) is 0 Å². The fourth-order valence-corrected chi connectivity index (χ4v) is 20.8. The van der Waals surface area contributed by atoms with Crippen LogP contribution in [0.15, 0.2) is 191 Å². The summed E-state index contributed by atoms with van der Waals surface area (Å²) in [6, 6.07) is 31.2. The van der Waals surface area contributed by atoms with E-state index in [1.165, 1.54) is 76.5 Å². The molecule has 0 fully saturated rings. The number of nitrogens with one attached hydrogen (secondary N) is 5. The van der Waals surface area contributed by atoms with E-state index in [4.69, 9.17) is 70.3 Å². The number of nitrogen functional groups attached to an aromatic ring is 3. The zero-order chi connectivity index (χ0) is 89.2. The first-order valence-electron chi connectivity index (χ1n) is 39.4. The lowest BCUT2D eigenvalue weighted by Crippen LogP contribution is -2.24. The summed E-state index contributed by atoms with van der Waals surface area (Å²) in [6.45, 7) is 19.2. The Balaban J connectivity index is 0.000000152. The van der Waals surface area contributed by atoms with Crippen molar-refractivity contribution in [2.45, 2.75) is 202 Å². The lowest BCUT2D eigenvalue weighted by molar-refractivity contribution is 0.525. The van der Waals surface area contributed by atoms with Gasteiger partial charge in [0.2, 0.25) is 0 Å². The summed E-state index contributed by atoms with van der Waals surface area (Å²) in [4.78, 5) is 68.6. The summed E-state index contributed by atoms with van der Waals surface area (Å²) in [5.74, 6) is 18.0. The largest absolute Gasteiger partial charge is 0.382 e. The summed E-state index contributed by atoms with van der Waals surface area (Å²) in [5, 5.41) is 24.1. The molecule has 5 aromatic carbocycles. The standard InChI is InChI=1S/C21H25ClN6S.4C17H16BrN5S/c1-4-5-7-15-10-16(22)12-17(11-15)29-21-27-18-19(23)25-13-26-20(18)28(21)9-6-8-24-14(2)3;2*1-3-4-5-6-23-10-20-15(19)14-16(23)22-17(21-14)24-13-8-11(2)7-12(18)9-13;2*1-3-4-5-6-23-16-14(15(19)20-10-21-16)22-17(23)24-13-8-11(2)7-12(18)9-13/h10-14,24H,4,6,8-9H2,1-3H3,(H2,23,25,26);2*1,7-10,19H,4-6H2,2H3,(H,21,22);2*1,7-10H,4-6H2,2H3,(H2,19,20,21). The van der Waals surface area contributed by atoms with E-state index in [1.807, 2.05) is 46.4 Å². The number of aryl methyl sites for hydroxylation is 9. The Kier molecular flexibility index (Phi) is 35.6. The molecule has 0 spiro atoms.